The van der Waals surface area contributed by atoms with Gasteiger partial charge in [-0.1, -0.05) is 0 Å². The number of rotatable bonds is 2. The maximum atomic E-state index is 5.57. The van der Waals surface area contributed by atoms with Gasteiger partial charge in [0.2, 0.25) is 0 Å². The first-order valence-corrected chi connectivity index (χ1v) is 4.48. The Morgan fingerprint density at radius 2 is 2.00 bits per heavy atom. The van der Waals surface area contributed by atoms with Gasteiger partial charge in [0, 0.05) is 19.6 Å². The molecule has 0 aromatic heterocycles. The zero-order valence-electron chi connectivity index (χ0n) is 8.41. The van der Waals surface area contributed by atoms with Crippen molar-refractivity contribution in [2.75, 3.05) is 21.2 Å². The monoisotopic (exact) mass is 173 g/mol. The fraction of sp³-hybridized carbons (Fsp3) is 1.00. The molecule has 0 radical (unpaired) electrons. The SMILES string of the molecule is COC1CC(N(C)C)CC(C)O1. The Balaban J connectivity index is 2.45. The van der Waals surface area contributed by atoms with Crippen molar-refractivity contribution in [2.24, 2.45) is 0 Å². The van der Waals surface area contributed by atoms with Crippen molar-refractivity contribution in [1.29, 1.82) is 0 Å². The smallest absolute Gasteiger partial charge is 0.159 e. The molecule has 1 aliphatic heterocycles. The van der Waals surface area contributed by atoms with Crippen LogP contribution in [0.5, 0.6) is 0 Å². The molecule has 1 saturated heterocycles. The summed E-state index contributed by atoms with van der Waals surface area (Å²) in [6.45, 7) is 2.10. The Morgan fingerprint density at radius 1 is 1.33 bits per heavy atom. The molecule has 1 aliphatic rings. The second kappa shape index (κ2) is 4.21. The predicted molar refractivity (Wildman–Crippen MR) is 48.1 cm³/mol. The molecule has 0 saturated carbocycles. The van der Waals surface area contributed by atoms with E-state index in [4.69, 9.17) is 9.47 Å². The second-order valence-electron chi connectivity index (χ2n) is 3.70. The van der Waals surface area contributed by atoms with Crippen molar-refractivity contribution >= 4 is 0 Å². The molecule has 3 unspecified atom stereocenters. The summed E-state index contributed by atoms with van der Waals surface area (Å²) in [6, 6.07) is 0.596. The second-order valence-corrected chi connectivity index (χ2v) is 3.70. The van der Waals surface area contributed by atoms with Crippen molar-refractivity contribution in [3.05, 3.63) is 0 Å². The Labute approximate surface area is 74.6 Å². The lowest BCUT2D eigenvalue weighted by Crippen LogP contribution is -2.42. The minimum atomic E-state index is -0.0128. The summed E-state index contributed by atoms with van der Waals surface area (Å²) in [5.74, 6) is 0. The van der Waals surface area contributed by atoms with Crippen LogP contribution in [0.15, 0.2) is 0 Å². The molecule has 0 spiro atoms. The van der Waals surface area contributed by atoms with Gasteiger partial charge in [0.1, 0.15) is 0 Å². The van der Waals surface area contributed by atoms with E-state index in [1.165, 1.54) is 0 Å². The molecular weight excluding hydrogens is 154 g/mol. The quantitative estimate of drug-likeness (QED) is 0.624. The summed E-state index contributed by atoms with van der Waals surface area (Å²) >= 11 is 0. The molecule has 72 valence electrons. The van der Waals surface area contributed by atoms with Crippen LogP contribution in [0.4, 0.5) is 0 Å². The summed E-state index contributed by atoms with van der Waals surface area (Å²) in [6.07, 6.45) is 2.39. The predicted octanol–water partition coefficient (Wildman–Crippen LogP) is 1.09. The average Bonchev–Trinajstić information content (AvgIpc) is 2.03. The fourth-order valence-electron chi connectivity index (χ4n) is 1.65. The zero-order valence-corrected chi connectivity index (χ0v) is 8.41. The van der Waals surface area contributed by atoms with E-state index in [1.54, 1.807) is 7.11 Å². The zero-order chi connectivity index (χ0) is 9.14. The van der Waals surface area contributed by atoms with Gasteiger partial charge in [0.15, 0.2) is 6.29 Å². The van der Waals surface area contributed by atoms with Gasteiger partial charge in [0.25, 0.3) is 0 Å². The molecule has 3 heteroatoms. The Bertz CT molecular complexity index is 138. The van der Waals surface area contributed by atoms with Crippen LogP contribution >= 0.6 is 0 Å². The molecule has 12 heavy (non-hydrogen) atoms. The van der Waals surface area contributed by atoms with Crippen LogP contribution in [0.1, 0.15) is 19.8 Å². The van der Waals surface area contributed by atoms with Gasteiger partial charge >= 0.3 is 0 Å². The lowest BCUT2D eigenvalue weighted by Gasteiger charge is -2.36. The molecule has 0 N–H and O–H groups in total. The molecule has 0 amide bonds. The third kappa shape index (κ3) is 2.44. The maximum absolute atomic E-state index is 5.57. The lowest BCUT2D eigenvalue weighted by molar-refractivity contribution is -0.188. The molecule has 0 bridgehead atoms. The van der Waals surface area contributed by atoms with Crippen molar-refractivity contribution in [1.82, 2.24) is 4.90 Å². The normalized spacial score (nSPS) is 37.2. The van der Waals surface area contributed by atoms with E-state index >= 15 is 0 Å². The highest BCUT2D eigenvalue weighted by Crippen LogP contribution is 2.22. The van der Waals surface area contributed by atoms with Gasteiger partial charge in [0.05, 0.1) is 6.10 Å². The minimum Gasteiger partial charge on any atom is -0.356 e. The van der Waals surface area contributed by atoms with Crippen molar-refractivity contribution in [2.45, 2.75) is 38.2 Å². The third-order valence-electron chi connectivity index (χ3n) is 2.45. The largest absolute Gasteiger partial charge is 0.356 e. The number of hydrogen-bond acceptors (Lipinski definition) is 3. The first kappa shape index (κ1) is 9.96. The maximum Gasteiger partial charge on any atom is 0.159 e. The lowest BCUT2D eigenvalue weighted by atomic mass is 10.0. The van der Waals surface area contributed by atoms with E-state index < -0.39 is 0 Å². The van der Waals surface area contributed by atoms with Crippen molar-refractivity contribution < 1.29 is 9.47 Å². The Kier molecular flexibility index (Phi) is 3.50. The van der Waals surface area contributed by atoms with Gasteiger partial charge in [-0.15, -0.1) is 0 Å². The number of hydrogen-bond donors (Lipinski definition) is 0. The van der Waals surface area contributed by atoms with Crippen LogP contribution < -0.4 is 0 Å². The van der Waals surface area contributed by atoms with Crippen LogP contribution in [-0.4, -0.2) is 44.5 Å². The molecule has 1 fully saturated rings. The molecule has 1 rings (SSSR count). The van der Waals surface area contributed by atoms with Crippen LogP contribution in [-0.2, 0) is 9.47 Å². The first-order chi connectivity index (χ1) is 5.63. The molecule has 3 nitrogen and oxygen atoms in total. The van der Waals surface area contributed by atoms with E-state index in [-0.39, 0.29) is 6.29 Å². The van der Waals surface area contributed by atoms with E-state index in [0.29, 0.717) is 12.1 Å². The molecule has 0 aromatic carbocycles. The highest BCUT2D eigenvalue weighted by molar-refractivity contribution is 4.76. The molecule has 0 aromatic rings. The highest BCUT2D eigenvalue weighted by Gasteiger charge is 2.27. The van der Waals surface area contributed by atoms with Crippen LogP contribution in [0, 0.1) is 0 Å². The Morgan fingerprint density at radius 3 is 2.50 bits per heavy atom. The van der Waals surface area contributed by atoms with Gasteiger partial charge < -0.3 is 14.4 Å². The van der Waals surface area contributed by atoms with E-state index in [0.717, 1.165) is 12.8 Å². The molecule has 3 atom stereocenters. The fourth-order valence-corrected chi connectivity index (χ4v) is 1.65. The van der Waals surface area contributed by atoms with Crippen molar-refractivity contribution in [3.63, 3.8) is 0 Å². The van der Waals surface area contributed by atoms with E-state index in [1.807, 2.05) is 0 Å². The first-order valence-electron chi connectivity index (χ1n) is 4.48. The van der Waals surface area contributed by atoms with Gasteiger partial charge in [-0.3, -0.25) is 0 Å². The topological polar surface area (TPSA) is 21.7 Å². The van der Waals surface area contributed by atoms with Gasteiger partial charge in [-0.2, -0.15) is 0 Å². The third-order valence-corrected chi connectivity index (χ3v) is 2.45. The number of methoxy groups -OCH3 is 1. The number of ether oxygens (including phenoxy) is 2. The highest BCUT2D eigenvalue weighted by atomic mass is 16.7. The van der Waals surface area contributed by atoms with Crippen LogP contribution in [0.2, 0.25) is 0 Å². The molecule has 0 aliphatic carbocycles. The summed E-state index contributed by atoms with van der Waals surface area (Å²) < 4.78 is 10.8. The average molecular weight is 173 g/mol. The van der Waals surface area contributed by atoms with E-state index in [2.05, 4.69) is 25.9 Å². The minimum absolute atomic E-state index is 0.0128. The van der Waals surface area contributed by atoms with E-state index in [9.17, 15) is 0 Å². The van der Waals surface area contributed by atoms with Gasteiger partial charge in [-0.25, -0.2) is 0 Å². The van der Waals surface area contributed by atoms with Gasteiger partial charge in [-0.05, 0) is 27.4 Å². The summed E-state index contributed by atoms with van der Waals surface area (Å²) in [5, 5.41) is 0. The Hall–Kier alpha value is -0.120. The standard InChI is InChI=1S/C9H19NO2/c1-7-5-8(10(2)3)6-9(11-4)12-7/h7-9H,5-6H2,1-4H3. The molecular formula is C9H19NO2. The van der Waals surface area contributed by atoms with Crippen LogP contribution in [0.25, 0.3) is 0 Å². The summed E-state index contributed by atoms with van der Waals surface area (Å²) in [7, 11) is 5.92. The number of nitrogens with zero attached hydrogens (tertiary/aromatic N) is 1. The van der Waals surface area contributed by atoms with Crippen molar-refractivity contribution in [3.8, 4) is 0 Å². The van der Waals surface area contributed by atoms with Crippen LogP contribution in [0.3, 0.4) is 0 Å². The summed E-state index contributed by atoms with van der Waals surface area (Å²) in [5.41, 5.74) is 0. The molecule has 1 heterocycles. The summed E-state index contributed by atoms with van der Waals surface area (Å²) in [4.78, 5) is 2.24.